The first-order valence-corrected chi connectivity index (χ1v) is 45.6. The molecule has 10 saturated carbocycles. The molecule has 15 aliphatic rings. The van der Waals surface area contributed by atoms with Crippen molar-refractivity contribution >= 4 is 68.3 Å². The summed E-state index contributed by atoms with van der Waals surface area (Å²) in [7, 11) is -4.45. The molecule has 19 rings (SSSR count). The molecule has 15 atom stereocenters. The van der Waals surface area contributed by atoms with Crippen LogP contribution in [0, 0.1) is 47.3 Å². The molecule has 15 fully saturated rings. The lowest BCUT2D eigenvalue weighted by Crippen LogP contribution is -2.76. The Kier molecular flexibility index (Phi) is 24.4. The molecular formula is C89H114Cl2O26P2. The number of fused-ring (bicyclic) bond motifs is 4. The number of hydrogen-bond donors (Lipinski definition) is 1. The van der Waals surface area contributed by atoms with Gasteiger partial charge in [-0.15, -0.1) is 0 Å². The summed E-state index contributed by atoms with van der Waals surface area (Å²) < 4.78 is 146. The average molecular weight is 1730 g/mol. The van der Waals surface area contributed by atoms with E-state index in [0.29, 0.717) is 67.5 Å². The van der Waals surface area contributed by atoms with Gasteiger partial charge >= 0.3 is 15.6 Å². The number of ketones is 2. The Morgan fingerprint density at radius 1 is 0.496 bits per heavy atom. The molecule has 5 aliphatic heterocycles. The molecule has 650 valence electrons. The second-order valence-electron chi connectivity index (χ2n) is 36.8. The summed E-state index contributed by atoms with van der Waals surface area (Å²) in [6, 6.07) is 21.0. The molecule has 4 aromatic carbocycles. The Morgan fingerprint density at radius 3 is 1.26 bits per heavy atom. The molecule has 0 aromatic heterocycles. The van der Waals surface area contributed by atoms with Crippen molar-refractivity contribution in [1.82, 2.24) is 0 Å². The lowest BCUT2D eigenvalue weighted by molar-refractivity contribution is -0.645. The summed E-state index contributed by atoms with van der Waals surface area (Å²) in [5, 5.41) is 0.730. The van der Waals surface area contributed by atoms with E-state index in [1.54, 1.807) is 130 Å². The van der Waals surface area contributed by atoms with Crippen molar-refractivity contribution in [3.05, 3.63) is 134 Å². The number of hydrogen-bond acceptors (Lipinski definition) is 25. The molecule has 26 nitrogen and oxygen atoms in total. The summed E-state index contributed by atoms with van der Waals surface area (Å²) in [4.78, 5) is 47.3. The van der Waals surface area contributed by atoms with Crippen LogP contribution in [0.1, 0.15) is 195 Å². The third-order valence-corrected chi connectivity index (χ3v) is 28.8. The highest BCUT2D eigenvalue weighted by atomic mass is 35.5. The van der Waals surface area contributed by atoms with E-state index in [2.05, 4.69) is 0 Å². The largest absolute Gasteiger partial charge is 0.530 e. The number of carbonyl (C=O) groups excluding carboxylic acids is 2. The molecule has 0 amide bonds. The minimum Gasteiger partial charge on any atom is -0.496 e. The number of phosphoric acid groups is 2. The van der Waals surface area contributed by atoms with Crippen LogP contribution in [0.2, 0.25) is 10.0 Å². The van der Waals surface area contributed by atoms with E-state index in [1.165, 1.54) is 77.2 Å². The molecule has 0 radical (unpaired) electrons. The lowest BCUT2D eigenvalue weighted by atomic mass is 9.47. The van der Waals surface area contributed by atoms with Gasteiger partial charge in [0.15, 0.2) is 40.3 Å². The number of benzene rings is 4. The average Bonchev–Trinajstić information content (AvgIpc) is 1.22. The van der Waals surface area contributed by atoms with Crippen LogP contribution in [0.4, 0.5) is 0 Å². The maximum absolute atomic E-state index is 14.3. The fourth-order valence-corrected chi connectivity index (χ4v) is 24.6. The highest BCUT2D eigenvalue weighted by Gasteiger charge is 2.77. The van der Waals surface area contributed by atoms with Gasteiger partial charge in [-0.05, 0) is 280 Å². The first-order chi connectivity index (χ1) is 56.3. The van der Waals surface area contributed by atoms with Gasteiger partial charge < -0.3 is 75.4 Å². The number of phosphoric ester groups is 2. The number of rotatable bonds is 27. The monoisotopic (exact) mass is 1730 g/mol. The van der Waals surface area contributed by atoms with Gasteiger partial charge in [0.25, 0.3) is 5.79 Å². The first kappa shape index (κ1) is 87.3. The highest BCUT2D eigenvalue weighted by Crippen LogP contribution is 2.71. The normalized spacial score (nSPS) is 36.3. The van der Waals surface area contributed by atoms with Crippen LogP contribution in [0.15, 0.2) is 90.5 Å². The zero-order valence-corrected chi connectivity index (χ0v) is 74.0. The zero-order valence-electron chi connectivity index (χ0n) is 70.7. The van der Waals surface area contributed by atoms with Crippen LogP contribution >= 0.6 is 38.8 Å². The summed E-state index contributed by atoms with van der Waals surface area (Å²) in [6.07, 6.45) is 8.94. The number of allylic oxidation sites excluding steroid dienone is 3. The number of halogens is 2. The number of ether oxygens (including phenoxy) is 14. The molecule has 30 heteroatoms. The van der Waals surface area contributed by atoms with Crippen LogP contribution in [0.5, 0.6) is 23.0 Å². The standard InChI is InChI=1S/C45H58ClO12P.C44H56ClO14P/c1-24(2)52-38-39-41(55-44(4,5)53-39)43(42-40(38)54-45(6,7)56-42)58-59(48,50-9)57-32-15-11-26(12-16-32)23-51-36-29(13-10-25(3)47)14-17-33(35(36)46)37(49-8)34-30-19-27-18-28(21-30)22-31(34)20-27;1-23(2)51-35-36-38(54-41(4,5)52-36)40(39-37(35)53-42(6,7)55-39)57-60(47,48)56-31-14-10-25(11-15-31)22-50-34-28(12-9-24(3)46)13-16-32(33(34)45)44(49-8)43(58-59-44)29-18-26-17-27(20-29)21-30(43)19-26/h10-17,24,27-28,30-31,38-43H,18-23H2,1-9H3;9-16,23,26-27,29-30,35-40H,17-22H2,1-8H3,(H,47,48)/b13-10+,37-34?;12-9+/t27?,28?,30?,31?,38?,39-,40+,41-,42-,43?,59?;26?,27?,29?,30?,35?,36-,37+,38-,39-,40?,43?,44?/m11/s1. The highest BCUT2D eigenvalue weighted by molar-refractivity contribution is 7.49. The summed E-state index contributed by atoms with van der Waals surface area (Å²) >= 11 is 14.5. The van der Waals surface area contributed by atoms with E-state index in [1.807, 2.05) is 52.0 Å². The molecule has 7 unspecified atom stereocenters. The molecule has 119 heavy (non-hydrogen) atoms. The van der Waals surface area contributed by atoms with E-state index in [9.17, 15) is 23.6 Å². The second kappa shape index (κ2) is 33.3. The minimum absolute atomic E-state index is 0.0584. The van der Waals surface area contributed by atoms with E-state index in [4.69, 9.17) is 122 Å². The zero-order chi connectivity index (χ0) is 84.6. The first-order valence-electron chi connectivity index (χ1n) is 41.9. The predicted molar refractivity (Wildman–Crippen MR) is 436 cm³/mol. The van der Waals surface area contributed by atoms with Gasteiger partial charge in [0, 0.05) is 36.5 Å². The Balaban J connectivity index is 0.000000178. The Bertz CT molecular complexity index is 4510. The molecule has 5 saturated heterocycles. The van der Waals surface area contributed by atoms with Crippen LogP contribution in [-0.2, 0) is 118 Å². The van der Waals surface area contributed by atoms with E-state index in [-0.39, 0.29) is 60.3 Å². The predicted octanol–water partition coefficient (Wildman–Crippen LogP) is 17.9. The van der Waals surface area contributed by atoms with Gasteiger partial charge in [-0.1, -0.05) is 65.7 Å². The quantitative estimate of drug-likeness (QED) is 0.0251. The van der Waals surface area contributed by atoms with E-state index in [0.717, 1.165) is 54.4 Å². The van der Waals surface area contributed by atoms with Crippen molar-refractivity contribution in [2.45, 2.75) is 294 Å². The summed E-state index contributed by atoms with van der Waals surface area (Å²) in [6.45, 7) is 25.1. The van der Waals surface area contributed by atoms with Crippen molar-refractivity contribution in [3.63, 3.8) is 0 Å². The minimum atomic E-state index is -4.79. The maximum Gasteiger partial charge on any atom is 0.530 e. The van der Waals surface area contributed by atoms with Crippen LogP contribution in [-0.4, -0.2) is 152 Å². The molecule has 4 aromatic rings. The van der Waals surface area contributed by atoms with Crippen LogP contribution < -0.4 is 18.5 Å². The Hall–Kier alpha value is -5.20. The van der Waals surface area contributed by atoms with Gasteiger partial charge in [-0.3, -0.25) is 28.1 Å². The van der Waals surface area contributed by atoms with Crippen molar-refractivity contribution in [2.75, 3.05) is 21.3 Å². The van der Waals surface area contributed by atoms with Crippen molar-refractivity contribution in [1.29, 1.82) is 0 Å². The van der Waals surface area contributed by atoms with Gasteiger partial charge in [0.05, 0.1) is 29.4 Å². The van der Waals surface area contributed by atoms with E-state index >= 15 is 0 Å². The number of methoxy groups -OCH3 is 2. The smallest absolute Gasteiger partial charge is 0.496 e. The van der Waals surface area contributed by atoms with Crippen molar-refractivity contribution in [2.24, 2.45) is 47.3 Å². The molecule has 10 aliphatic carbocycles. The third kappa shape index (κ3) is 17.3. The Morgan fingerprint density at radius 2 is 0.882 bits per heavy atom. The topological polar surface area (TPSA) is 282 Å². The van der Waals surface area contributed by atoms with Crippen LogP contribution in [0.3, 0.4) is 0 Å². The number of carbonyl (C=O) groups is 2. The summed E-state index contributed by atoms with van der Waals surface area (Å²) in [5.74, 6) is 1.10. The Labute approximate surface area is 706 Å². The van der Waals surface area contributed by atoms with Gasteiger partial charge in [0.2, 0.25) is 0 Å². The molecule has 1 N–H and O–H groups in total. The molecule has 8 bridgehead atoms. The molecule has 5 heterocycles. The van der Waals surface area contributed by atoms with Gasteiger partial charge in [-0.2, -0.15) is 4.89 Å². The molecular weight excluding hydrogens is 1620 g/mol. The maximum atomic E-state index is 14.3. The molecule has 1 spiro atoms. The summed E-state index contributed by atoms with van der Waals surface area (Å²) in [5.41, 5.74) is 4.88. The third-order valence-electron chi connectivity index (χ3n) is 25.7. The second-order valence-corrected chi connectivity index (χ2v) is 40.5. The van der Waals surface area contributed by atoms with Crippen LogP contribution in [0.25, 0.3) is 17.9 Å². The van der Waals surface area contributed by atoms with Gasteiger partial charge in [-0.25, -0.2) is 14.0 Å². The fourth-order valence-electron chi connectivity index (χ4n) is 21.8. The van der Waals surface area contributed by atoms with Crippen molar-refractivity contribution in [3.8, 4) is 23.0 Å². The SMILES string of the molecule is COC(=C1C2CC3CC(C2)CC1C3)c1ccc(/C=C/C(C)=O)c(OCc2ccc(OP(=O)(OC)OC3[C@@H]4OC(C)(C)O[C@@H]4C(OC(C)C)[C@@H]4OC(C)(C)O[C@@H]34)cc2)c1Cl.COC1(c2ccc(/C=C/C(C)=O)c(OCc3ccc(OP(=O)(O)OC4[C@@H]5OC(C)(C)O[C@@H]5C(OC(C)C)[C@@H]5OC(C)(C)O[C@@H]45)cc3)c2Cl)OOC12C1CC3CC(C1)CC2C3. The van der Waals surface area contributed by atoms with Crippen molar-refractivity contribution < 1.29 is 122 Å². The van der Waals surface area contributed by atoms with E-state index < -0.39 is 123 Å². The van der Waals surface area contributed by atoms with Gasteiger partial charge in [0.1, 0.15) is 115 Å². The lowest BCUT2D eigenvalue weighted by Gasteiger charge is -2.68. The fraction of sp³-hybridized carbons (Fsp3) is 0.640.